The maximum atomic E-state index is 12.0. The summed E-state index contributed by atoms with van der Waals surface area (Å²) in [4.78, 5) is 42.7. The van der Waals surface area contributed by atoms with E-state index in [0.29, 0.717) is 16.7 Å². The number of para-hydroxylation sites is 2. The summed E-state index contributed by atoms with van der Waals surface area (Å²) in [7, 11) is 0. The van der Waals surface area contributed by atoms with Crippen LogP contribution >= 0.6 is 23.2 Å². The molecular weight excluding hydrogens is 405 g/mol. The van der Waals surface area contributed by atoms with Crippen molar-refractivity contribution in [2.24, 2.45) is 0 Å². The summed E-state index contributed by atoms with van der Waals surface area (Å²) in [6.45, 7) is -0.484. The molecule has 7 nitrogen and oxygen atoms in total. The molecule has 0 fully saturated rings. The van der Waals surface area contributed by atoms with Crippen molar-refractivity contribution in [3.8, 4) is 0 Å². The van der Waals surface area contributed by atoms with E-state index in [1.807, 2.05) is 0 Å². The van der Waals surface area contributed by atoms with Gasteiger partial charge in [0, 0.05) is 6.42 Å². The fraction of sp³-hybridized carbons (Fsp3) is 0.158. The first-order chi connectivity index (χ1) is 13.4. The monoisotopic (exact) mass is 419 g/mol. The van der Waals surface area contributed by atoms with E-state index in [-0.39, 0.29) is 34.1 Å². The highest BCUT2D eigenvalue weighted by Gasteiger charge is 2.13. The quantitative estimate of drug-likeness (QED) is 0.596. The molecule has 0 saturated carbocycles. The molecule has 144 valence electrons. The minimum absolute atomic E-state index is 0.0403. The lowest BCUT2D eigenvalue weighted by atomic mass is 10.2. The van der Waals surface area contributed by atoms with Gasteiger partial charge >= 0.3 is 5.97 Å². The van der Waals surface area contributed by atoms with Crippen LogP contribution in [0, 0.1) is 0 Å². The maximum absolute atomic E-state index is 12.0. The Morgan fingerprint density at radius 3 is 2.54 bits per heavy atom. The van der Waals surface area contributed by atoms with Gasteiger partial charge in [-0.1, -0.05) is 41.4 Å². The van der Waals surface area contributed by atoms with Crippen LogP contribution in [0.15, 0.2) is 47.3 Å². The molecule has 0 atom stereocenters. The summed E-state index contributed by atoms with van der Waals surface area (Å²) >= 11 is 11.9. The number of ether oxygens (including phenoxy) is 1. The number of fused-ring (bicyclic) bond motifs is 1. The Kier molecular flexibility index (Phi) is 6.28. The second kappa shape index (κ2) is 8.86. The molecule has 0 saturated heterocycles. The summed E-state index contributed by atoms with van der Waals surface area (Å²) in [5.41, 5.74) is 0.528. The van der Waals surface area contributed by atoms with E-state index < -0.39 is 18.5 Å². The zero-order valence-corrected chi connectivity index (χ0v) is 16.0. The number of esters is 1. The molecule has 0 aliphatic rings. The first-order valence-corrected chi connectivity index (χ1v) is 9.07. The summed E-state index contributed by atoms with van der Waals surface area (Å²) in [5.74, 6) is -0.801. The zero-order chi connectivity index (χ0) is 20.1. The van der Waals surface area contributed by atoms with Crippen LogP contribution < -0.4 is 10.9 Å². The molecule has 0 aliphatic carbocycles. The molecule has 0 aliphatic heterocycles. The van der Waals surface area contributed by atoms with E-state index in [1.165, 1.54) is 0 Å². The Bertz CT molecular complexity index is 1080. The van der Waals surface area contributed by atoms with E-state index in [0.717, 1.165) is 0 Å². The number of amides is 1. The summed E-state index contributed by atoms with van der Waals surface area (Å²) in [6, 6.07) is 11.7. The van der Waals surface area contributed by atoms with E-state index in [1.54, 1.807) is 42.5 Å². The van der Waals surface area contributed by atoms with Crippen LogP contribution in [-0.4, -0.2) is 28.5 Å². The lowest BCUT2D eigenvalue weighted by Crippen LogP contribution is -2.21. The molecule has 3 rings (SSSR count). The van der Waals surface area contributed by atoms with Gasteiger partial charge in [0.05, 0.1) is 33.1 Å². The smallest absolute Gasteiger partial charge is 0.306 e. The Balaban J connectivity index is 1.52. The van der Waals surface area contributed by atoms with Crippen molar-refractivity contribution >= 4 is 51.7 Å². The van der Waals surface area contributed by atoms with E-state index in [4.69, 9.17) is 27.9 Å². The number of H-pyrrole nitrogens is 1. The molecule has 28 heavy (non-hydrogen) atoms. The fourth-order valence-corrected chi connectivity index (χ4v) is 2.98. The van der Waals surface area contributed by atoms with Crippen molar-refractivity contribution in [3.63, 3.8) is 0 Å². The minimum Gasteiger partial charge on any atom is -0.456 e. The molecule has 0 unspecified atom stereocenters. The van der Waals surface area contributed by atoms with Gasteiger partial charge in [0.2, 0.25) is 0 Å². The standard InChI is InChI=1S/C19H15Cl2N3O4/c20-12-5-3-6-13(21)18(12)24-16(25)10-28-17(26)9-8-15-22-14-7-2-1-4-11(14)19(27)23-15/h1-7H,8-10H2,(H,24,25)(H,22,23,27). The van der Waals surface area contributed by atoms with E-state index >= 15 is 0 Å². The third-order valence-corrected chi connectivity index (χ3v) is 4.45. The van der Waals surface area contributed by atoms with Crippen LogP contribution in [0.3, 0.4) is 0 Å². The SMILES string of the molecule is O=C(COC(=O)CCc1nc2ccccc2c(=O)[nH]1)Nc1c(Cl)cccc1Cl. The molecule has 2 aromatic carbocycles. The van der Waals surface area contributed by atoms with Gasteiger partial charge in [0.1, 0.15) is 5.82 Å². The van der Waals surface area contributed by atoms with Crippen LogP contribution in [-0.2, 0) is 20.7 Å². The molecule has 0 spiro atoms. The maximum Gasteiger partial charge on any atom is 0.306 e. The lowest BCUT2D eigenvalue weighted by molar-refractivity contribution is -0.147. The number of aryl methyl sites for hydroxylation is 1. The molecule has 9 heteroatoms. The van der Waals surface area contributed by atoms with Crippen LogP contribution in [0.1, 0.15) is 12.2 Å². The number of aromatic amines is 1. The highest BCUT2D eigenvalue weighted by molar-refractivity contribution is 6.39. The normalized spacial score (nSPS) is 10.6. The Morgan fingerprint density at radius 2 is 1.79 bits per heavy atom. The molecule has 1 heterocycles. The third kappa shape index (κ3) is 4.88. The van der Waals surface area contributed by atoms with Gasteiger partial charge < -0.3 is 15.0 Å². The number of anilines is 1. The fourth-order valence-electron chi connectivity index (χ4n) is 2.48. The highest BCUT2D eigenvalue weighted by Crippen LogP contribution is 2.29. The highest BCUT2D eigenvalue weighted by atomic mass is 35.5. The Labute approximate surface area is 169 Å². The predicted molar refractivity (Wildman–Crippen MR) is 107 cm³/mol. The van der Waals surface area contributed by atoms with Gasteiger partial charge in [-0.2, -0.15) is 0 Å². The number of nitrogens with zero attached hydrogens (tertiary/aromatic N) is 1. The average molecular weight is 420 g/mol. The number of rotatable bonds is 6. The summed E-state index contributed by atoms with van der Waals surface area (Å²) in [5, 5.41) is 3.52. The van der Waals surface area contributed by atoms with Gasteiger partial charge in [-0.15, -0.1) is 0 Å². The van der Waals surface area contributed by atoms with Gasteiger partial charge in [0.25, 0.3) is 11.5 Å². The molecule has 0 bridgehead atoms. The number of halogens is 2. The molecule has 3 aromatic rings. The molecule has 0 radical (unpaired) electrons. The second-order valence-electron chi connectivity index (χ2n) is 5.84. The largest absolute Gasteiger partial charge is 0.456 e. The van der Waals surface area contributed by atoms with Gasteiger partial charge in [0.15, 0.2) is 6.61 Å². The predicted octanol–water partition coefficient (Wildman–Crippen LogP) is 3.34. The number of carbonyl (C=O) groups is 2. The Hall–Kier alpha value is -2.90. The van der Waals surface area contributed by atoms with Crippen LogP contribution in [0.5, 0.6) is 0 Å². The lowest BCUT2D eigenvalue weighted by Gasteiger charge is -2.09. The van der Waals surface area contributed by atoms with E-state index in [2.05, 4.69) is 15.3 Å². The first kappa shape index (κ1) is 19.9. The molecule has 1 amide bonds. The molecule has 2 N–H and O–H groups in total. The average Bonchev–Trinajstić information content (AvgIpc) is 2.68. The van der Waals surface area contributed by atoms with Crippen LogP contribution in [0.25, 0.3) is 10.9 Å². The van der Waals surface area contributed by atoms with Crippen LogP contribution in [0.4, 0.5) is 5.69 Å². The first-order valence-electron chi connectivity index (χ1n) is 8.31. The summed E-state index contributed by atoms with van der Waals surface area (Å²) < 4.78 is 4.94. The molecular formula is C19H15Cl2N3O4. The Morgan fingerprint density at radius 1 is 1.07 bits per heavy atom. The number of carbonyl (C=O) groups excluding carboxylic acids is 2. The van der Waals surface area contributed by atoms with Gasteiger partial charge in [-0.3, -0.25) is 14.4 Å². The number of nitrogens with one attached hydrogen (secondary N) is 2. The third-order valence-electron chi connectivity index (χ3n) is 3.82. The van der Waals surface area contributed by atoms with Crippen molar-refractivity contribution in [1.82, 2.24) is 9.97 Å². The van der Waals surface area contributed by atoms with Crippen molar-refractivity contribution in [2.75, 3.05) is 11.9 Å². The van der Waals surface area contributed by atoms with Crippen molar-refractivity contribution < 1.29 is 14.3 Å². The van der Waals surface area contributed by atoms with Crippen LogP contribution in [0.2, 0.25) is 10.0 Å². The van der Waals surface area contributed by atoms with E-state index in [9.17, 15) is 14.4 Å². The zero-order valence-electron chi connectivity index (χ0n) is 14.5. The number of aromatic nitrogens is 2. The molecule has 1 aromatic heterocycles. The number of hydrogen-bond acceptors (Lipinski definition) is 5. The van der Waals surface area contributed by atoms with Gasteiger partial charge in [-0.05, 0) is 24.3 Å². The number of benzene rings is 2. The minimum atomic E-state index is -0.601. The van der Waals surface area contributed by atoms with Crippen molar-refractivity contribution in [1.29, 1.82) is 0 Å². The van der Waals surface area contributed by atoms with Gasteiger partial charge in [-0.25, -0.2) is 4.98 Å². The van der Waals surface area contributed by atoms with Crippen molar-refractivity contribution in [3.05, 3.63) is 68.7 Å². The second-order valence-corrected chi connectivity index (χ2v) is 6.65. The summed E-state index contributed by atoms with van der Waals surface area (Å²) in [6.07, 6.45) is 0.137. The topological polar surface area (TPSA) is 101 Å². The van der Waals surface area contributed by atoms with Crippen molar-refractivity contribution in [2.45, 2.75) is 12.8 Å². The number of hydrogen-bond donors (Lipinski definition) is 2.